The van der Waals surface area contributed by atoms with Crippen LogP contribution in [0.4, 0.5) is 0 Å². The molecule has 0 spiro atoms. The Kier molecular flexibility index (Phi) is 12.5. The molecule has 0 aliphatic carbocycles. The molecular weight excluding hydrogens is 192 g/mol. The third-order valence-corrected chi connectivity index (χ3v) is 2.16. The molecule has 0 aromatic rings. The van der Waals surface area contributed by atoms with Gasteiger partial charge in [0.1, 0.15) is 0 Å². The largest absolute Gasteiger partial charge is 2.00 e. The maximum absolute atomic E-state index is 3.49. The molecule has 0 saturated carbocycles. The van der Waals surface area contributed by atoms with Crippen molar-refractivity contribution >= 4 is 23.1 Å². The molecule has 0 fully saturated rings. The fourth-order valence-electron chi connectivity index (χ4n) is 2.19. The summed E-state index contributed by atoms with van der Waals surface area (Å²) in [4.78, 5) is 0. The summed E-state index contributed by atoms with van der Waals surface area (Å²) in [6.45, 7) is 21.6. The molecule has 0 nitrogen and oxygen atoms in total. The molecule has 0 rings (SSSR count). The normalized spacial score (nSPS) is 11.6. The molecule has 0 heterocycles. The van der Waals surface area contributed by atoms with Crippen LogP contribution in [0.3, 0.4) is 0 Å². The molecule has 0 unspecified atom stereocenters. The minimum atomic E-state index is 0. The van der Waals surface area contributed by atoms with Crippen molar-refractivity contribution in [3.05, 3.63) is 12.8 Å². The predicted octanol–water partition coefficient (Wildman–Crippen LogP) is 4.91. The van der Waals surface area contributed by atoms with Gasteiger partial charge in [0.2, 0.25) is 0 Å². The Labute approximate surface area is 115 Å². The second-order valence-electron chi connectivity index (χ2n) is 5.83. The summed E-state index contributed by atoms with van der Waals surface area (Å²) in [6.07, 6.45) is 2.20. The van der Waals surface area contributed by atoms with Crippen LogP contribution in [0, 0.1) is 23.7 Å². The third-order valence-electron chi connectivity index (χ3n) is 2.16. The van der Waals surface area contributed by atoms with Gasteiger partial charge < -0.3 is 12.8 Å². The van der Waals surface area contributed by atoms with Crippen LogP contribution in [0.2, 0.25) is 0 Å². The molecule has 0 aromatic heterocycles. The van der Waals surface area contributed by atoms with Crippen LogP contribution in [0.15, 0.2) is 0 Å². The van der Waals surface area contributed by atoms with Crippen molar-refractivity contribution < 1.29 is 0 Å². The summed E-state index contributed by atoms with van der Waals surface area (Å²) >= 11 is 0. The Morgan fingerprint density at radius 3 is 1.07 bits per heavy atom. The van der Waals surface area contributed by atoms with Crippen molar-refractivity contribution in [1.29, 1.82) is 0 Å². The Morgan fingerprint density at radius 2 is 1.07 bits per heavy atom. The number of hydrogen-bond acceptors (Lipinski definition) is 0. The third kappa shape index (κ3) is 11.0. The van der Waals surface area contributed by atoms with E-state index in [9.17, 15) is 0 Å². The average Bonchev–Trinajstić information content (AvgIpc) is 1.82. The number of hydrogen-bond donors (Lipinski definition) is 0. The molecule has 0 bridgehead atoms. The van der Waals surface area contributed by atoms with Crippen LogP contribution in [0.1, 0.15) is 68.2 Å². The first-order valence-electron chi connectivity index (χ1n) is 5.77. The fourth-order valence-corrected chi connectivity index (χ4v) is 2.19. The van der Waals surface area contributed by atoms with Gasteiger partial charge in [0, 0.05) is 0 Å². The second-order valence-corrected chi connectivity index (χ2v) is 5.83. The molecule has 0 aliphatic heterocycles. The van der Waals surface area contributed by atoms with E-state index in [1.54, 1.807) is 5.92 Å². The van der Waals surface area contributed by atoms with Gasteiger partial charge in [-0.1, -0.05) is 55.4 Å². The first-order chi connectivity index (χ1) is 6.11. The van der Waals surface area contributed by atoms with Gasteiger partial charge in [-0.2, -0.15) is 23.7 Å². The van der Waals surface area contributed by atoms with Gasteiger partial charge in [-0.15, -0.1) is 0 Å². The monoisotopic (exact) mass is 222 g/mol. The summed E-state index contributed by atoms with van der Waals surface area (Å²) in [5.41, 5.74) is 0.736. The summed E-state index contributed by atoms with van der Waals surface area (Å²) in [7, 11) is 0. The van der Waals surface area contributed by atoms with E-state index < -0.39 is 0 Å². The minimum Gasteiger partial charge on any atom is -0.344 e. The van der Waals surface area contributed by atoms with E-state index in [1.807, 2.05) is 6.92 Å². The van der Waals surface area contributed by atoms with Crippen molar-refractivity contribution in [2.45, 2.75) is 68.2 Å². The predicted molar refractivity (Wildman–Crippen MR) is 73.8 cm³/mol. The van der Waals surface area contributed by atoms with Crippen molar-refractivity contribution in [2.24, 2.45) is 10.8 Å². The second kappa shape index (κ2) is 8.87. The Morgan fingerprint density at radius 1 is 0.867 bits per heavy atom. The van der Waals surface area contributed by atoms with E-state index in [1.165, 1.54) is 6.42 Å². The van der Waals surface area contributed by atoms with Crippen LogP contribution in [-0.2, 0) is 0 Å². The van der Waals surface area contributed by atoms with Gasteiger partial charge >= 0.3 is 23.1 Å². The number of rotatable bonds is 1. The topological polar surface area (TPSA) is 0 Å². The molecule has 0 aromatic carbocycles. The molecule has 0 saturated heterocycles. The molecule has 0 atom stereocenters. The average molecular weight is 223 g/mol. The van der Waals surface area contributed by atoms with Gasteiger partial charge in [-0.05, 0) is 0 Å². The van der Waals surface area contributed by atoms with E-state index in [-0.39, 0.29) is 23.1 Å². The minimum absolute atomic E-state index is 0. The molecule has 0 radical (unpaired) electrons. The summed E-state index contributed by atoms with van der Waals surface area (Å²) in [5, 5.41) is 0. The molecule has 88 valence electrons. The van der Waals surface area contributed by atoms with Gasteiger partial charge in [-0.3, -0.25) is 0 Å². The molecule has 0 amide bonds. The maximum atomic E-state index is 3.49. The van der Waals surface area contributed by atoms with Crippen molar-refractivity contribution in [1.82, 2.24) is 0 Å². The van der Waals surface area contributed by atoms with Crippen LogP contribution < -0.4 is 0 Å². The Balaban J connectivity index is -0.000000320. The SMILES string of the molecule is CC[C-](C(C)(C)C)C(C)(C)C.[CH2-]CC.[Mg+2]. The molecule has 15 heavy (non-hydrogen) atoms. The summed E-state index contributed by atoms with van der Waals surface area (Å²) < 4.78 is 0. The van der Waals surface area contributed by atoms with Crippen LogP contribution in [0.25, 0.3) is 0 Å². The quantitative estimate of drug-likeness (QED) is 0.437. The molecule has 0 N–H and O–H groups in total. The van der Waals surface area contributed by atoms with Gasteiger partial charge in [0.25, 0.3) is 0 Å². The molecular formula is C14H30Mg. The van der Waals surface area contributed by atoms with E-state index >= 15 is 0 Å². The van der Waals surface area contributed by atoms with E-state index in [0.717, 1.165) is 6.42 Å². The molecule has 1 heteroatoms. The van der Waals surface area contributed by atoms with Gasteiger partial charge in [-0.25, -0.2) is 0 Å². The van der Waals surface area contributed by atoms with Crippen LogP contribution >= 0.6 is 0 Å². The van der Waals surface area contributed by atoms with E-state index in [4.69, 9.17) is 0 Å². The maximum Gasteiger partial charge on any atom is 2.00 e. The van der Waals surface area contributed by atoms with Crippen molar-refractivity contribution in [3.8, 4) is 0 Å². The van der Waals surface area contributed by atoms with Crippen molar-refractivity contribution in [3.63, 3.8) is 0 Å². The Hall–Kier alpha value is 0.766. The molecule has 0 aliphatic rings. The summed E-state index contributed by atoms with van der Waals surface area (Å²) in [6, 6.07) is 0. The zero-order chi connectivity index (χ0) is 12.0. The van der Waals surface area contributed by atoms with Gasteiger partial charge in [0.05, 0.1) is 0 Å². The van der Waals surface area contributed by atoms with Crippen LogP contribution in [-0.4, -0.2) is 23.1 Å². The fraction of sp³-hybridized carbons (Fsp3) is 0.857. The zero-order valence-electron chi connectivity index (χ0n) is 12.3. The Bertz CT molecular complexity index is 111. The first-order valence-corrected chi connectivity index (χ1v) is 5.77. The van der Waals surface area contributed by atoms with Crippen LogP contribution in [0.5, 0.6) is 0 Å². The first kappa shape index (κ1) is 21.1. The van der Waals surface area contributed by atoms with E-state index in [0.29, 0.717) is 10.8 Å². The summed E-state index contributed by atoms with van der Waals surface area (Å²) in [5.74, 6) is 1.66. The zero-order valence-corrected chi connectivity index (χ0v) is 13.7. The standard InChI is InChI=1S/C11H23.C3H7.Mg/c1-8-9(10(2,3)4)11(5,6)7;1-3-2;/h8H2,1-7H3;1,3H2,2H3;/q2*-1;+2. The van der Waals surface area contributed by atoms with E-state index in [2.05, 4.69) is 55.4 Å². The smallest absolute Gasteiger partial charge is 0.344 e. The van der Waals surface area contributed by atoms with Gasteiger partial charge in [0.15, 0.2) is 0 Å². The van der Waals surface area contributed by atoms with Crippen molar-refractivity contribution in [2.75, 3.05) is 0 Å².